The Kier molecular flexibility index (Phi) is 4.03. The third-order valence-electron chi connectivity index (χ3n) is 2.44. The molecule has 3 N–H and O–H groups in total. The summed E-state index contributed by atoms with van der Waals surface area (Å²) < 4.78 is 39.6. The number of nitrogens with zero attached hydrogens (tertiary/aromatic N) is 1. The fourth-order valence-corrected chi connectivity index (χ4v) is 2.45. The summed E-state index contributed by atoms with van der Waals surface area (Å²) in [7, 11) is -3.84. The number of anilines is 1. The Hall–Kier alpha value is -2.68. The first-order valence-electron chi connectivity index (χ1n) is 5.60. The molecule has 7 nitrogen and oxygen atoms in total. The lowest BCUT2D eigenvalue weighted by atomic mass is 10.2. The van der Waals surface area contributed by atoms with Gasteiger partial charge in [-0.25, -0.2) is 17.6 Å². The minimum Gasteiger partial charge on any atom is -0.478 e. The summed E-state index contributed by atoms with van der Waals surface area (Å²) in [6, 6.07) is 3.45. The van der Waals surface area contributed by atoms with Crippen LogP contribution in [0, 0.1) is 5.82 Å². The third-order valence-corrected chi connectivity index (χ3v) is 3.79. The number of aliphatic carboxylic acids is 1. The summed E-state index contributed by atoms with van der Waals surface area (Å²) in [6.07, 6.45) is 4.11. The van der Waals surface area contributed by atoms with Crippen molar-refractivity contribution in [1.82, 2.24) is 10.2 Å². The number of H-pyrrole nitrogens is 1. The Morgan fingerprint density at radius 1 is 1.43 bits per heavy atom. The van der Waals surface area contributed by atoms with E-state index in [1.165, 1.54) is 18.3 Å². The highest BCUT2D eigenvalue weighted by Gasteiger charge is 2.15. The summed E-state index contributed by atoms with van der Waals surface area (Å²) in [4.78, 5) is 10.3. The number of carbonyl (C=O) groups is 1. The molecular weight excluding hydrogens is 301 g/mol. The molecule has 0 amide bonds. The average Bonchev–Trinajstić information content (AvgIpc) is 2.93. The fraction of sp³-hybridized carbons (Fsp3) is 0. The molecule has 9 heteroatoms. The number of carboxylic acids is 1. The predicted octanol–water partition coefficient (Wildman–Crippen LogP) is 1.45. The molecule has 1 heterocycles. The topological polar surface area (TPSA) is 112 Å². The summed E-state index contributed by atoms with van der Waals surface area (Å²) in [6.45, 7) is 0. The lowest BCUT2D eigenvalue weighted by molar-refractivity contribution is -0.131. The van der Waals surface area contributed by atoms with E-state index in [2.05, 4.69) is 14.9 Å². The van der Waals surface area contributed by atoms with Crippen LogP contribution in [0.4, 0.5) is 10.1 Å². The molecule has 0 aliphatic carbocycles. The number of benzene rings is 1. The molecule has 2 aromatic rings. The predicted molar refractivity (Wildman–Crippen MR) is 72.5 cm³/mol. The van der Waals surface area contributed by atoms with Gasteiger partial charge in [-0.1, -0.05) is 0 Å². The van der Waals surface area contributed by atoms with Crippen LogP contribution in [0.3, 0.4) is 0 Å². The van der Waals surface area contributed by atoms with Gasteiger partial charge in [0.15, 0.2) is 0 Å². The van der Waals surface area contributed by atoms with Gasteiger partial charge in [-0.2, -0.15) is 5.10 Å². The van der Waals surface area contributed by atoms with E-state index < -0.39 is 21.8 Å². The Labute approximate surface area is 119 Å². The van der Waals surface area contributed by atoms with E-state index >= 15 is 0 Å². The highest BCUT2D eigenvalue weighted by atomic mass is 32.2. The monoisotopic (exact) mass is 311 g/mol. The van der Waals surface area contributed by atoms with Crippen LogP contribution in [0.25, 0.3) is 6.08 Å². The smallest absolute Gasteiger partial charge is 0.328 e. The molecule has 2 rings (SSSR count). The minimum absolute atomic E-state index is 0.0511. The molecule has 0 bridgehead atoms. The molecule has 0 radical (unpaired) electrons. The largest absolute Gasteiger partial charge is 0.478 e. The summed E-state index contributed by atoms with van der Waals surface area (Å²) in [5.41, 5.74) is 0.0485. The van der Waals surface area contributed by atoms with E-state index in [4.69, 9.17) is 5.11 Å². The van der Waals surface area contributed by atoms with Gasteiger partial charge in [0.25, 0.3) is 10.0 Å². The van der Waals surface area contributed by atoms with Gasteiger partial charge in [0.05, 0.1) is 6.20 Å². The van der Waals surface area contributed by atoms with Crippen molar-refractivity contribution in [3.8, 4) is 0 Å². The zero-order valence-electron chi connectivity index (χ0n) is 10.4. The molecular formula is C12H10FN3O4S. The number of aromatic amines is 1. The number of carboxylic acid groups (broad SMARTS) is 1. The minimum atomic E-state index is -3.84. The molecule has 1 aromatic carbocycles. The second kappa shape index (κ2) is 5.75. The van der Waals surface area contributed by atoms with Crippen molar-refractivity contribution >= 4 is 27.8 Å². The zero-order chi connectivity index (χ0) is 15.5. The van der Waals surface area contributed by atoms with Crippen LogP contribution in [0.2, 0.25) is 0 Å². The van der Waals surface area contributed by atoms with Gasteiger partial charge in [-0.3, -0.25) is 9.82 Å². The van der Waals surface area contributed by atoms with Crippen LogP contribution in [-0.4, -0.2) is 29.7 Å². The van der Waals surface area contributed by atoms with Crippen molar-refractivity contribution in [3.05, 3.63) is 48.0 Å². The molecule has 0 spiro atoms. The zero-order valence-corrected chi connectivity index (χ0v) is 11.3. The van der Waals surface area contributed by atoms with Crippen molar-refractivity contribution in [2.75, 3.05) is 4.72 Å². The summed E-state index contributed by atoms with van der Waals surface area (Å²) in [5.74, 6) is -1.91. The number of hydrogen-bond donors (Lipinski definition) is 3. The first-order chi connectivity index (χ1) is 9.88. The van der Waals surface area contributed by atoms with Crippen LogP contribution >= 0.6 is 0 Å². The molecule has 0 unspecified atom stereocenters. The SMILES string of the molecule is O=C(O)/C=C/c1cc(NS(=O)(=O)c2cn[nH]c2)ccc1F. The fourth-order valence-electron chi connectivity index (χ4n) is 1.50. The van der Waals surface area contributed by atoms with Crippen LogP contribution in [0.5, 0.6) is 0 Å². The number of rotatable bonds is 5. The second-order valence-corrected chi connectivity index (χ2v) is 5.63. The maximum Gasteiger partial charge on any atom is 0.328 e. The van der Waals surface area contributed by atoms with E-state index in [-0.39, 0.29) is 16.1 Å². The summed E-state index contributed by atoms with van der Waals surface area (Å²) in [5, 5.41) is 14.4. The Morgan fingerprint density at radius 3 is 2.81 bits per heavy atom. The van der Waals surface area contributed by atoms with Crippen LogP contribution in [0.15, 0.2) is 41.6 Å². The van der Waals surface area contributed by atoms with Crippen LogP contribution in [-0.2, 0) is 14.8 Å². The highest BCUT2D eigenvalue weighted by molar-refractivity contribution is 7.92. The first kappa shape index (κ1) is 14.7. The van der Waals surface area contributed by atoms with Gasteiger partial charge >= 0.3 is 5.97 Å². The van der Waals surface area contributed by atoms with Gasteiger partial charge in [0.2, 0.25) is 0 Å². The molecule has 0 aliphatic rings. The van der Waals surface area contributed by atoms with E-state index in [0.29, 0.717) is 0 Å². The van der Waals surface area contributed by atoms with Gasteiger partial charge in [0, 0.05) is 23.5 Å². The Bertz CT molecular complexity index is 785. The van der Waals surface area contributed by atoms with E-state index in [0.717, 1.165) is 24.4 Å². The average molecular weight is 311 g/mol. The van der Waals surface area contributed by atoms with Gasteiger partial charge in [-0.15, -0.1) is 0 Å². The molecule has 0 saturated carbocycles. The normalized spacial score (nSPS) is 11.7. The molecule has 0 atom stereocenters. The van der Waals surface area contributed by atoms with Crippen molar-refractivity contribution in [2.24, 2.45) is 0 Å². The van der Waals surface area contributed by atoms with E-state index in [1.54, 1.807) is 0 Å². The van der Waals surface area contributed by atoms with Crippen molar-refractivity contribution in [1.29, 1.82) is 0 Å². The summed E-state index contributed by atoms with van der Waals surface area (Å²) >= 11 is 0. The maximum absolute atomic E-state index is 13.5. The van der Waals surface area contributed by atoms with Gasteiger partial charge < -0.3 is 5.11 Å². The number of sulfonamides is 1. The van der Waals surface area contributed by atoms with E-state index in [1.807, 2.05) is 0 Å². The quantitative estimate of drug-likeness (QED) is 0.723. The molecule has 110 valence electrons. The highest BCUT2D eigenvalue weighted by Crippen LogP contribution is 2.19. The number of halogens is 1. The Balaban J connectivity index is 2.30. The molecule has 0 aliphatic heterocycles. The van der Waals surface area contributed by atoms with Crippen LogP contribution in [0.1, 0.15) is 5.56 Å². The maximum atomic E-state index is 13.5. The number of aromatic nitrogens is 2. The lowest BCUT2D eigenvalue weighted by Crippen LogP contribution is -2.12. The lowest BCUT2D eigenvalue weighted by Gasteiger charge is -2.07. The molecule has 0 saturated heterocycles. The van der Waals surface area contributed by atoms with Crippen molar-refractivity contribution in [3.63, 3.8) is 0 Å². The third kappa shape index (κ3) is 3.66. The Morgan fingerprint density at radius 2 is 2.19 bits per heavy atom. The molecule has 21 heavy (non-hydrogen) atoms. The van der Waals surface area contributed by atoms with Crippen LogP contribution < -0.4 is 4.72 Å². The molecule has 1 aromatic heterocycles. The second-order valence-electron chi connectivity index (χ2n) is 3.95. The number of hydrogen-bond acceptors (Lipinski definition) is 4. The first-order valence-corrected chi connectivity index (χ1v) is 7.09. The van der Waals surface area contributed by atoms with Crippen molar-refractivity contribution < 1.29 is 22.7 Å². The van der Waals surface area contributed by atoms with Crippen molar-refractivity contribution in [2.45, 2.75) is 4.90 Å². The van der Waals surface area contributed by atoms with E-state index in [9.17, 15) is 17.6 Å². The van der Waals surface area contributed by atoms with Gasteiger partial charge in [0.1, 0.15) is 10.7 Å². The van der Waals surface area contributed by atoms with Gasteiger partial charge in [-0.05, 0) is 24.3 Å². The molecule has 0 fully saturated rings. The number of nitrogens with one attached hydrogen (secondary N) is 2. The standard InChI is InChI=1S/C12H10FN3O4S/c13-11-3-2-9(5-8(11)1-4-12(17)18)16-21(19,20)10-6-14-15-7-10/h1-7,16H,(H,14,15)(H,17,18)/b4-1+.